The summed E-state index contributed by atoms with van der Waals surface area (Å²) in [6.07, 6.45) is 1.79. The van der Waals surface area contributed by atoms with Gasteiger partial charge in [-0.3, -0.25) is 5.41 Å². The molecule has 0 aliphatic carbocycles. The highest BCUT2D eigenvalue weighted by Gasteiger charge is 2.18. The minimum atomic E-state index is 0.157. The standard InChI is InChI=1S/C51H32N4OS/c52-50(33-13-3-1-4-14-33)54-51(34-15-5-2-6-16-34)53-31-32-25-27-42-46(29-32)56-45-24-12-19-39(48(42)45)41-21-11-20-40-38-28-26-35(30-47(38)57-49(40)41)55-43-22-9-7-17-36(43)37-18-8-10-23-44(37)55/h1-31,52H. The average Bonchev–Trinajstić information content (AvgIpc) is 3.94. The van der Waals surface area contributed by atoms with Gasteiger partial charge in [-0.15, -0.1) is 11.3 Å². The summed E-state index contributed by atoms with van der Waals surface area (Å²) in [5, 5.41) is 15.8. The van der Waals surface area contributed by atoms with E-state index in [1.807, 2.05) is 84.1 Å². The zero-order chi connectivity index (χ0) is 37.9. The molecule has 11 rings (SSSR count). The van der Waals surface area contributed by atoms with Crippen molar-refractivity contribution in [3.8, 4) is 16.8 Å². The van der Waals surface area contributed by atoms with Crippen molar-refractivity contribution in [2.45, 2.75) is 0 Å². The van der Waals surface area contributed by atoms with Gasteiger partial charge < -0.3 is 8.98 Å². The summed E-state index contributed by atoms with van der Waals surface area (Å²) in [5.74, 6) is 0.624. The van der Waals surface area contributed by atoms with E-state index in [4.69, 9.17) is 14.8 Å². The molecule has 5 nitrogen and oxygen atoms in total. The highest BCUT2D eigenvalue weighted by atomic mass is 32.1. The number of amidine groups is 2. The maximum Gasteiger partial charge on any atom is 0.161 e. The molecule has 11 aromatic rings. The van der Waals surface area contributed by atoms with Crippen LogP contribution in [-0.4, -0.2) is 22.5 Å². The Bertz CT molecular complexity index is 3370. The largest absolute Gasteiger partial charge is 0.456 e. The predicted octanol–water partition coefficient (Wildman–Crippen LogP) is 13.6. The molecule has 0 atom stereocenters. The SMILES string of the molecule is N=C(N=C(N=Cc1ccc2c(c1)oc1cccc(-c3cccc4c3sc3cc(-n5c6ccccc6c6ccccc65)ccc34)c12)c1ccccc1)c1ccccc1. The topological polar surface area (TPSA) is 66.6 Å². The highest BCUT2D eigenvalue weighted by molar-refractivity contribution is 7.26. The fourth-order valence-corrected chi connectivity index (χ4v) is 9.41. The number of furan rings is 1. The molecule has 0 aliphatic rings. The summed E-state index contributed by atoms with van der Waals surface area (Å²) < 4.78 is 11.4. The molecular weight excluding hydrogens is 717 g/mol. The third-order valence-corrected chi connectivity index (χ3v) is 12.0. The Balaban J connectivity index is 0.995. The summed E-state index contributed by atoms with van der Waals surface area (Å²) >= 11 is 1.85. The van der Waals surface area contributed by atoms with Crippen molar-refractivity contribution in [3.63, 3.8) is 0 Å². The Morgan fingerprint density at radius 1 is 0.544 bits per heavy atom. The first kappa shape index (κ1) is 33.0. The highest BCUT2D eigenvalue weighted by Crippen LogP contribution is 2.45. The van der Waals surface area contributed by atoms with Gasteiger partial charge in [0, 0.05) is 70.3 Å². The number of rotatable bonds is 5. The number of benzene rings is 8. The molecule has 0 amide bonds. The molecule has 3 aromatic heterocycles. The van der Waals surface area contributed by atoms with Gasteiger partial charge in [0.05, 0.1) is 11.0 Å². The quantitative estimate of drug-likeness (QED) is 0.138. The van der Waals surface area contributed by atoms with Gasteiger partial charge in [-0.25, -0.2) is 9.98 Å². The van der Waals surface area contributed by atoms with Crippen LogP contribution in [0.4, 0.5) is 0 Å². The first-order valence-electron chi connectivity index (χ1n) is 18.9. The predicted molar refractivity (Wildman–Crippen MR) is 240 cm³/mol. The van der Waals surface area contributed by atoms with E-state index in [1.54, 1.807) is 6.21 Å². The lowest BCUT2D eigenvalue weighted by molar-refractivity contribution is 0.669. The number of aromatic nitrogens is 1. The summed E-state index contributed by atoms with van der Waals surface area (Å²) in [6.45, 7) is 0. The molecule has 0 unspecified atom stereocenters. The van der Waals surface area contributed by atoms with Crippen molar-refractivity contribution >= 4 is 93.1 Å². The number of aliphatic imine (C=N–C) groups is 2. The number of fused-ring (bicyclic) bond motifs is 9. The van der Waals surface area contributed by atoms with Crippen molar-refractivity contribution < 1.29 is 4.42 Å². The smallest absolute Gasteiger partial charge is 0.161 e. The van der Waals surface area contributed by atoms with Gasteiger partial charge in [0.1, 0.15) is 11.2 Å². The van der Waals surface area contributed by atoms with Crippen molar-refractivity contribution in [1.82, 2.24) is 4.57 Å². The number of para-hydroxylation sites is 2. The minimum absolute atomic E-state index is 0.157. The molecule has 0 spiro atoms. The van der Waals surface area contributed by atoms with E-state index in [1.165, 1.54) is 47.5 Å². The van der Waals surface area contributed by atoms with Gasteiger partial charge in [0.2, 0.25) is 0 Å². The number of nitrogens with zero attached hydrogens (tertiary/aromatic N) is 3. The van der Waals surface area contributed by atoms with Crippen LogP contribution in [0.5, 0.6) is 0 Å². The van der Waals surface area contributed by atoms with Gasteiger partial charge in [-0.1, -0.05) is 140 Å². The fourth-order valence-electron chi connectivity index (χ4n) is 8.14. The van der Waals surface area contributed by atoms with E-state index in [9.17, 15) is 0 Å². The summed E-state index contributed by atoms with van der Waals surface area (Å²) in [4.78, 5) is 9.44. The Kier molecular flexibility index (Phi) is 7.76. The summed E-state index contributed by atoms with van der Waals surface area (Å²) in [5.41, 5.74) is 9.99. The lowest BCUT2D eigenvalue weighted by Crippen LogP contribution is -2.04. The third kappa shape index (κ3) is 5.57. The first-order valence-corrected chi connectivity index (χ1v) is 19.7. The Morgan fingerprint density at radius 2 is 1.19 bits per heavy atom. The van der Waals surface area contributed by atoms with Crippen LogP contribution in [0.15, 0.2) is 196 Å². The van der Waals surface area contributed by atoms with E-state index >= 15 is 0 Å². The van der Waals surface area contributed by atoms with Crippen molar-refractivity contribution in [2.24, 2.45) is 9.98 Å². The molecule has 268 valence electrons. The molecule has 8 aromatic carbocycles. The maximum absolute atomic E-state index is 8.65. The number of nitrogens with one attached hydrogen (secondary N) is 1. The van der Waals surface area contributed by atoms with Crippen LogP contribution in [-0.2, 0) is 0 Å². The molecule has 0 bridgehead atoms. The van der Waals surface area contributed by atoms with Crippen molar-refractivity contribution in [2.75, 3.05) is 0 Å². The third-order valence-electron chi connectivity index (χ3n) is 10.8. The Labute approximate surface area is 331 Å². The molecule has 0 fully saturated rings. The van der Waals surface area contributed by atoms with E-state index in [-0.39, 0.29) is 5.84 Å². The van der Waals surface area contributed by atoms with Crippen LogP contribution in [0.3, 0.4) is 0 Å². The van der Waals surface area contributed by atoms with Crippen LogP contribution in [0.1, 0.15) is 16.7 Å². The van der Waals surface area contributed by atoms with Gasteiger partial charge in [0.25, 0.3) is 0 Å². The first-order chi connectivity index (χ1) is 28.2. The molecule has 1 N–H and O–H groups in total. The number of thiophene rings is 1. The summed E-state index contributed by atoms with van der Waals surface area (Å²) in [7, 11) is 0. The molecular formula is C51H32N4OS. The molecule has 6 heteroatoms. The van der Waals surface area contributed by atoms with Crippen LogP contribution in [0.2, 0.25) is 0 Å². The number of hydrogen-bond donors (Lipinski definition) is 1. The zero-order valence-corrected chi connectivity index (χ0v) is 31.4. The van der Waals surface area contributed by atoms with E-state index in [0.29, 0.717) is 5.84 Å². The molecule has 0 radical (unpaired) electrons. The number of hydrogen-bond acceptors (Lipinski definition) is 3. The van der Waals surface area contributed by atoms with E-state index in [2.05, 4.69) is 119 Å². The second-order valence-electron chi connectivity index (χ2n) is 14.1. The van der Waals surface area contributed by atoms with Crippen LogP contribution in [0, 0.1) is 5.41 Å². The molecule has 0 saturated heterocycles. The molecule has 0 aliphatic heterocycles. The van der Waals surface area contributed by atoms with Crippen molar-refractivity contribution in [3.05, 3.63) is 199 Å². The van der Waals surface area contributed by atoms with Crippen LogP contribution in [0.25, 0.3) is 80.7 Å². The van der Waals surface area contributed by atoms with E-state index in [0.717, 1.165) is 49.9 Å². The van der Waals surface area contributed by atoms with Gasteiger partial charge in [-0.05, 0) is 53.6 Å². The lowest BCUT2D eigenvalue weighted by Gasteiger charge is -2.08. The second-order valence-corrected chi connectivity index (χ2v) is 15.2. The average molecular weight is 749 g/mol. The van der Waals surface area contributed by atoms with Crippen LogP contribution >= 0.6 is 11.3 Å². The molecule has 0 saturated carbocycles. The molecule has 3 heterocycles. The maximum atomic E-state index is 8.65. The Morgan fingerprint density at radius 3 is 1.96 bits per heavy atom. The Hall–Kier alpha value is -7.41. The van der Waals surface area contributed by atoms with Gasteiger partial charge in [0.15, 0.2) is 11.7 Å². The van der Waals surface area contributed by atoms with E-state index < -0.39 is 0 Å². The normalized spacial score (nSPS) is 12.3. The summed E-state index contributed by atoms with van der Waals surface area (Å²) in [6, 6.07) is 62.7. The van der Waals surface area contributed by atoms with Gasteiger partial charge >= 0.3 is 0 Å². The lowest BCUT2D eigenvalue weighted by atomic mass is 9.97. The monoisotopic (exact) mass is 748 g/mol. The van der Waals surface area contributed by atoms with Crippen LogP contribution < -0.4 is 0 Å². The molecule has 57 heavy (non-hydrogen) atoms. The van der Waals surface area contributed by atoms with Gasteiger partial charge in [-0.2, -0.15) is 0 Å². The van der Waals surface area contributed by atoms with Crippen molar-refractivity contribution in [1.29, 1.82) is 5.41 Å². The fraction of sp³-hybridized carbons (Fsp3) is 0. The zero-order valence-electron chi connectivity index (χ0n) is 30.6. The minimum Gasteiger partial charge on any atom is -0.456 e. The second kappa shape index (κ2) is 13.4.